The quantitative estimate of drug-likeness (QED) is 0.704. The molecule has 4 heteroatoms. The van der Waals surface area contributed by atoms with Crippen LogP contribution in [0.4, 0.5) is 0 Å². The van der Waals surface area contributed by atoms with Crippen molar-refractivity contribution in [3.8, 4) is 0 Å². The van der Waals surface area contributed by atoms with Crippen LogP contribution in [0.25, 0.3) is 0 Å². The van der Waals surface area contributed by atoms with Gasteiger partial charge in [0.05, 0.1) is 4.87 Å². The van der Waals surface area contributed by atoms with E-state index in [-0.39, 0.29) is 11.2 Å². The zero-order valence-corrected chi connectivity index (χ0v) is 9.45. The topological polar surface area (TPSA) is 30.5 Å². The van der Waals surface area contributed by atoms with Crippen molar-refractivity contribution < 1.29 is 9.47 Å². The van der Waals surface area contributed by atoms with E-state index < -0.39 is 0 Å². The van der Waals surface area contributed by atoms with Gasteiger partial charge in [0, 0.05) is 20.6 Å². The van der Waals surface area contributed by atoms with Crippen molar-refractivity contribution in [2.75, 3.05) is 26.5 Å². The fraction of sp³-hybridized carbons (Fsp3) is 1.00. The molecule has 1 saturated heterocycles. The van der Waals surface area contributed by atoms with Crippen LogP contribution >= 0.6 is 11.8 Å². The Morgan fingerprint density at radius 2 is 2.15 bits per heavy atom. The van der Waals surface area contributed by atoms with Crippen molar-refractivity contribution in [2.24, 2.45) is 0 Å². The van der Waals surface area contributed by atoms with Gasteiger partial charge in [-0.2, -0.15) is 0 Å². The molecule has 0 aromatic carbocycles. The SMILES string of the molecule is COC(CC1(C)NCCCS1)OC. The second-order valence-electron chi connectivity index (χ2n) is 3.46. The highest BCUT2D eigenvalue weighted by Gasteiger charge is 2.30. The van der Waals surface area contributed by atoms with E-state index in [1.54, 1.807) is 14.2 Å². The van der Waals surface area contributed by atoms with Gasteiger partial charge in [-0.15, -0.1) is 11.8 Å². The number of nitrogens with one attached hydrogen (secondary N) is 1. The summed E-state index contributed by atoms with van der Waals surface area (Å²) >= 11 is 1.95. The normalized spacial score (nSPS) is 29.5. The van der Waals surface area contributed by atoms with E-state index in [1.807, 2.05) is 11.8 Å². The molecule has 1 unspecified atom stereocenters. The summed E-state index contributed by atoms with van der Waals surface area (Å²) in [7, 11) is 3.37. The summed E-state index contributed by atoms with van der Waals surface area (Å²) in [5.41, 5.74) is 0. The first kappa shape index (κ1) is 11.3. The molecule has 0 saturated carbocycles. The Hall–Kier alpha value is 0.230. The lowest BCUT2D eigenvalue weighted by Gasteiger charge is -2.36. The van der Waals surface area contributed by atoms with Gasteiger partial charge in [0.1, 0.15) is 0 Å². The average Bonchev–Trinajstić information content (AvgIpc) is 2.15. The number of rotatable bonds is 4. The maximum Gasteiger partial charge on any atom is 0.159 e. The van der Waals surface area contributed by atoms with E-state index in [1.165, 1.54) is 12.2 Å². The predicted octanol–water partition coefficient (Wildman–Crippen LogP) is 1.44. The largest absolute Gasteiger partial charge is 0.356 e. The van der Waals surface area contributed by atoms with Gasteiger partial charge >= 0.3 is 0 Å². The zero-order valence-electron chi connectivity index (χ0n) is 8.63. The highest BCUT2D eigenvalue weighted by molar-refractivity contribution is 8.00. The van der Waals surface area contributed by atoms with E-state index >= 15 is 0 Å². The van der Waals surface area contributed by atoms with Crippen molar-refractivity contribution in [1.29, 1.82) is 0 Å². The molecule has 13 heavy (non-hydrogen) atoms. The average molecular weight is 205 g/mol. The molecule has 0 aliphatic carbocycles. The molecule has 1 aliphatic rings. The first-order valence-electron chi connectivity index (χ1n) is 4.65. The summed E-state index contributed by atoms with van der Waals surface area (Å²) < 4.78 is 10.4. The standard InChI is InChI=1S/C9H19NO2S/c1-9(7-8(11-2)12-3)10-5-4-6-13-9/h8,10H,4-7H2,1-3H3. The van der Waals surface area contributed by atoms with Crippen molar-refractivity contribution in [2.45, 2.75) is 30.9 Å². The molecule has 1 atom stereocenters. The van der Waals surface area contributed by atoms with Gasteiger partial charge in [0.2, 0.25) is 0 Å². The smallest absolute Gasteiger partial charge is 0.159 e. The summed E-state index contributed by atoms with van der Waals surface area (Å²) in [4.78, 5) is 0.120. The first-order valence-corrected chi connectivity index (χ1v) is 5.63. The van der Waals surface area contributed by atoms with Gasteiger partial charge in [0.25, 0.3) is 0 Å². The molecule has 78 valence electrons. The van der Waals surface area contributed by atoms with Gasteiger partial charge in [0.15, 0.2) is 6.29 Å². The molecule has 0 amide bonds. The molecule has 0 radical (unpaired) electrons. The van der Waals surface area contributed by atoms with Crippen LogP contribution in [0.1, 0.15) is 19.8 Å². The minimum absolute atomic E-state index is 0.0944. The van der Waals surface area contributed by atoms with E-state index in [0.29, 0.717) is 0 Å². The van der Waals surface area contributed by atoms with E-state index in [4.69, 9.17) is 9.47 Å². The summed E-state index contributed by atoms with van der Waals surface area (Å²) in [6, 6.07) is 0. The number of ether oxygens (including phenoxy) is 2. The predicted molar refractivity (Wildman–Crippen MR) is 55.9 cm³/mol. The number of hydrogen-bond acceptors (Lipinski definition) is 4. The molecule has 1 N–H and O–H groups in total. The molecular formula is C9H19NO2S. The minimum atomic E-state index is -0.0944. The Morgan fingerprint density at radius 1 is 1.46 bits per heavy atom. The summed E-state index contributed by atoms with van der Waals surface area (Å²) in [5, 5.41) is 3.50. The minimum Gasteiger partial charge on any atom is -0.356 e. The van der Waals surface area contributed by atoms with Crippen molar-refractivity contribution >= 4 is 11.8 Å². The van der Waals surface area contributed by atoms with Crippen molar-refractivity contribution in [3.63, 3.8) is 0 Å². The van der Waals surface area contributed by atoms with Gasteiger partial charge in [-0.25, -0.2) is 0 Å². The fourth-order valence-electron chi connectivity index (χ4n) is 1.49. The van der Waals surface area contributed by atoms with Gasteiger partial charge in [-0.1, -0.05) is 0 Å². The van der Waals surface area contributed by atoms with Crippen molar-refractivity contribution in [1.82, 2.24) is 5.32 Å². The molecule has 0 aromatic heterocycles. The van der Waals surface area contributed by atoms with Crippen LogP contribution in [0.15, 0.2) is 0 Å². The van der Waals surface area contributed by atoms with Crippen LogP contribution in [0.3, 0.4) is 0 Å². The number of thioether (sulfide) groups is 1. The molecule has 3 nitrogen and oxygen atoms in total. The third kappa shape index (κ3) is 3.46. The zero-order chi connectivity index (χ0) is 9.73. The van der Waals surface area contributed by atoms with Crippen molar-refractivity contribution in [3.05, 3.63) is 0 Å². The molecule has 1 rings (SSSR count). The monoisotopic (exact) mass is 205 g/mol. The lowest BCUT2D eigenvalue weighted by Crippen LogP contribution is -2.46. The Kier molecular flexibility index (Phi) is 4.52. The number of hydrogen-bond donors (Lipinski definition) is 1. The van der Waals surface area contributed by atoms with Gasteiger partial charge in [-0.3, -0.25) is 0 Å². The van der Waals surface area contributed by atoms with E-state index in [0.717, 1.165) is 13.0 Å². The van der Waals surface area contributed by atoms with Gasteiger partial charge in [-0.05, 0) is 25.6 Å². The highest BCUT2D eigenvalue weighted by atomic mass is 32.2. The lowest BCUT2D eigenvalue weighted by atomic mass is 10.2. The maximum absolute atomic E-state index is 5.19. The van der Waals surface area contributed by atoms with E-state index in [2.05, 4.69) is 12.2 Å². The second kappa shape index (κ2) is 5.20. The third-order valence-electron chi connectivity index (χ3n) is 2.32. The Labute approximate surface area is 84.6 Å². The van der Waals surface area contributed by atoms with Gasteiger partial charge < -0.3 is 14.8 Å². The van der Waals surface area contributed by atoms with E-state index in [9.17, 15) is 0 Å². The number of methoxy groups -OCH3 is 2. The van der Waals surface area contributed by atoms with Crippen LogP contribution in [0, 0.1) is 0 Å². The Bertz CT molecular complexity index is 145. The Balaban J connectivity index is 2.39. The third-order valence-corrected chi connectivity index (χ3v) is 3.76. The molecular weight excluding hydrogens is 186 g/mol. The Morgan fingerprint density at radius 3 is 2.62 bits per heavy atom. The first-order chi connectivity index (χ1) is 6.20. The molecule has 1 aliphatic heterocycles. The molecule has 0 bridgehead atoms. The summed E-state index contributed by atoms with van der Waals surface area (Å²) in [6.45, 7) is 3.31. The molecule has 1 fully saturated rings. The molecule has 0 aromatic rings. The highest BCUT2D eigenvalue weighted by Crippen LogP contribution is 2.31. The second-order valence-corrected chi connectivity index (χ2v) is 5.06. The summed E-state index contributed by atoms with van der Waals surface area (Å²) in [6.07, 6.45) is 2.05. The van der Waals surface area contributed by atoms with Crippen LogP contribution in [-0.2, 0) is 9.47 Å². The van der Waals surface area contributed by atoms with Crippen LogP contribution in [0.2, 0.25) is 0 Å². The molecule has 0 spiro atoms. The fourth-order valence-corrected chi connectivity index (χ4v) is 2.68. The maximum atomic E-state index is 5.19. The van der Waals surface area contributed by atoms with Crippen LogP contribution < -0.4 is 5.32 Å². The molecule has 1 heterocycles. The van der Waals surface area contributed by atoms with Crippen LogP contribution in [-0.4, -0.2) is 37.7 Å². The summed E-state index contributed by atoms with van der Waals surface area (Å²) in [5.74, 6) is 1.23. The lowest BCUT2D eigenvalue weighted by molar-refractivity contribution is -0.112. The van der Waals surface area contributed by atoms with Crippen LogP contribution in [0.5, 0.6) is 0 Å².